The first kappa shape index (κ1) is 7.54. The van der Waals surface area contributed by atoms with Gasteiger partial charge in [-0.3, -0.25) is 4.40 Å². The van der Waals surface area contributed by atoms with E-state index >= 15 is 0 Å². The van der Waals surface area contributed by atoms with E-state index in [4.69, 9.17) is 5.73 Å². The third-order valence-corrected chi connectivity index (χ3v) is 2.32. The molecule has 2 aromatic rings. The van der Waals surface area contributed by atoms with Crippen LogP contribution in [0.1, 0.15) is 0 Å². The molecule has 0 unspecified atom stereocenters. The van der Waals surface area contributed by atoms with Crippen LogP contribution in [0.15, 0.2) is 22.9 Å². The number of hydrogen-bond donors (Lipinski definition) is 1. The maximum absolute atomic E-state index is 13.0. The molecule has 0 aliphatic rings. The van der Waals surface area contributed by atoms with E-state index in [1.807, 2.05) is 0 Å². The Morgan fingerprint density at radius 1 is 1.50 bits per heavy atom. The van der Waals surface area contributed by atoms with E-state index in [-0.39, 0.29) is 5.82 Å². The number of fused-ring (bicyclic) bond motifs is 1. The highest BCUT2D eigenvalue weighted by molar-refractivity contribution is 9.10. The van der Waals surface area contributed by atoms with Gasteiger partial charge in [0.2, 0.25) is 0 Å². The molecule has 0 radical (unpaired) electrons. The van der Waals surface area contributed by atoms with E-state index in [1.165, 1.54) is 16.7 Å². The quantitative estimate of drug-likeness (QED) is 0.701. The van der Waals surface area contributed by atoms with Crippen molar-refractivity contribution >= 4 is 27.4 Å². The van der Waals surface area contributed by atoms with Crippen LogP contribution in [0.4, 0.5) is 10.2 Å². The van der Waals surface area contributed by atoms with Gasteiger partial charge in [0.25, 0.3) is 0 Å². The van der Waals surface area contributed by atoms with E-state index in [9.17, 15) is 4.39 Å². The monoisotopic (exact) mass is 229 g/mol. The minimum absolute atomic E-state index is 0.301. The van der Waals surface area contributed by atoms with Crippen molar-refractivity contribution in [2.45, 2.75) is 0 Å². The Morgan fingerprint density at radius 2 is 2.25 bits per heavy atom. The summed E-state index contributed by atoms with van der Waals surface area (Å²) in [5.41, 5.74) is 6.18. The molecule has 0 atom stereocenters. The number of aromatic nitrogens is 2. The van der Waals surface area contributed by atoms with Gasteiger partial charge in [-0.25, -0.2) is 9.37 Å². The number of nitrogens with zero attached hydrogens (tertiary/aromatic N) is 2. The number of rotatable bonds is 0. The Hall–Kier alpha value is -1.10. The lowest BCUT2D eigenvalue weighted by atomic mass is 10.4. The molecule has 5 heteroatoms. The fourth-order valence-corrected chi connectivity index (χ4v) is 1.55. The summed E-state index contributed by atoms with van der Waals surface area (Å²) in [6.07, 6.45) is 1.49. The zero-order valence-corrected chi connectivity index (χ0v) is 7.55. The molecule has 62 valence electrons. The number of hydrogen-bond acceptors (Lipinski definition) is 2. The number of imidazole rings is 1. The predicted octanol–water partition coefficient (Wildman–Crippen LogP) is 1.82. The topological polar surface area (TPSA) is 43.3 Å². The van der Waals surface area contributed by atoms with Crippen LogP contribution in [0, 0.1) is 5.82 Å². The van der Waals surface area contributed by atoms with Gasteiger partial charge < -0.3 is 5.73 Å². The zero-order valence-electron chi connectivity index (χ0n) is 5.96. The summed E-state index contributed by atoms with van der Waals surface area (Å²) < 4.78 is 14.8. The first-order valence-corrected chi connectivity index (χ1v) is 4.06. The van der Waals surface area contributed by atoms with Gasteiger partial charge in [0.05, 0.1) is 6.20 Å². The van der Waals surface area contributed by atoms with Gasteiger partial charge in [0, 0.05) is 0 Å². The summed E-state index contributed by atoms with van der Waals surface area (Å²) in [6.45, 7) is 0. The average Bonchev–Trinajstić information content (AvgIpc) is 2.41. The Morgan fingerprint density at radius 3 is 3.00 bits per heavy atom. The first-order chi connectivity index (χ1) is 5.70. The second-order valence-electron chi connectivity index (χ2n) is 2.35. The molecule has 0 saturated heterocycles. The lowest BCUT2D eigenvalue weighted by Gasteiger charge is -2.00. The summed E-state index contributed by atoms with van der Waals surface area (Å²) in [7, 11) is 0. The van der Waals surface area contributed by atoms with Crippen molar-refractivity contribution in [1.29, 1.82) is 0 Å². The molecular formula is C7H5BrFN3. The molecule has 0 fully saturated rings. The number of nitrogens with two attached hydrogens (primary N) is 1. The van der Waals surface area contributed by atoms with Crippen molar-refractivity contribution in [1.82, 2.24) is 9.38 Å². The van der Waals surface area contributed by atoms with Crippen molar-refractivity contribution in [2.75, 3.05) is 5.73 Å². The zero-order chi connectivity index (χ0) is 8.72. The summed E-state index contributed by atoms with van der Waals surface area (Å²) in [4.78, 5) is 3.96. The normalized spacial score (nSPS) is 10.8. The molecule has 0 bridgehead atoms. The fourth-order valence-electron chi connectivity index (χ4n) is 1.03. The highest BCUT2D eigenvalue weighted by Gasteiger charge is 2.06. The maximum atomic E-state index is 13.0. The molecule has 2 rings (SSSR count). The van der Waals surface area contributed by atoms with Crippen molar-refractivity contribution in [3.63, 3.8) is 0 Å². The maximum Gasteiger partial charge on any atom is 0.154 e. The molecule has 2 heterocycles. The molecule has 3 nitrogen and oxygen atoms in total. The molecule has 0 amide bonds. The van der Waals surface area contributed by atoms with Gasteiger partial charge in [0.1, 0.15) is 16.1 Å². The fraction of sp³-hybridized carbons (Fsp3) is 0. The average molecular weight is 230 g/mol. The molecule has 0 saturated carbocycles. The molecular weight excluding hydrogens is 225 g/mol. The van der Waals surface area contributed by atoms with Gasteiger partial charge in [-0.15, -0.1) is 0 Å². The highest BCUT2D eigenvalue weighted by Crippen LogP contribution is 2.20. The largest absolute Gasteiger partial charge is 0.383 e. The number of nitrogen functional groups attached to an aromatic ring is 1. The van der Waals surface area contributed by atoms with Crippen molar-refractivity contribution in [3.05, 3.63) is 28.7 Å². The van der Waals surface area contributed by atoms with Crippen LogP contribution in [0.5, 0.6) is 0 Å². The first-order valence-electron chi connectivity index (χ1n) is 3.27. The standard InChI is InChI=1S/C7H5BrFN3/c8-7-4(9)1-2-6-11-3-5(10)12(6)7/h1-3H,10H2. The van der Waals surface area contributed by atoms with Crippen molar-refractivity contribution < 1.29 is 4.39 Å². The van der Waals surface area contributed by atoms with Crippen LogP contribution in [0.25, 0.3) is 5.65 Å². The van der Waals surface area contributed by atoms with Crippen LogP contribution in [-0.2, 0) is 0 Å². The van der Waals surface area contributed by atoms with Crippen LogP contribution < -0.4 is 5.73 Å². The third kappa shape index (κ3) is 0.896. The summed E-state index contributed by atoms with van der Waals surface area (Å²) in [6, 6.07) is 2.91. The molecule has 12 heavy (non-hydrogen) atoms. The second-order valence-corrected chi connectivity index (χ2v) is 3.10. The predicted molar refractivity (Wildman–Crippen MR) is 47.3 cm³/mol. The molecule has 0 aliphatic carbocycles. The highest BCUT2D eigenvalue weighted by atomic mass is 79.9. The van der Waals surface area contributed by atoms with E-state index in [0.717, 1.165) is 0 Å². The molecule has 0 spiro atoms. The molecule has 0 aromatic carbocycles. The van der Waals surface area contributed by atoms with E-state index in [0.29, 0.717) is 16.1 Å². The van der Waals surface area contributed by atoms with Crippen molar-refractivity contribution in [2.24, 2.45) is 0 Å². The Labute approximate surface area is 76.1 Å². The minimum Gasteiger partial charge on any atom is -0.383 e. The Bertz CT molecular complexity index is 437. The number of anilines is 1. The van der Waals surface area contributed by atoms with Gasteiger partial charge in [-0.05, 0) is 28.1 Å². The van der Waals surface area contributed by atoms with Crippen LogP contribution in [0.2, 0.25) is 0 Å². The molecule has 0 aliphatic heterocycles. The van der Waals surface area contributed by atoms with Crippen LogP contribution in [-0.4, -0.2) is 9.38 Å². The Balaban J connectivity index is 2.96. The lowest BCUT2D eigenvalue weighted by molar-refractivity contribution is 0.610. The van der Waals surface area contributed by atoms with Gasteiger partial charge in [-0.2, -0.15) is 0 Å². The van der Waals surface area contributed by atoms with E-state index < -0.39 is 0 Å². The van der Waals surface area contributed by atoms with Gasteiger partial charge in [0.15, 0.2) is 5.82 Å². The van der Waals surface area contributed by atoms with Gasteiger partial charge in [-0.1, -0.05) is 0 Å². The van der Waals surface area contributed by atoms with Crippen molar-refractivity contribution in [3.8, 4) is 0 Å². The molecule has 2 N–H and O–H groups in total. The molecule has 2 aromatic heterocycles. The SMILES string of the molecule is Nc1cnc2ccc(F)c(Br)n12. The minimum atomic E-state index is -0.354. The summed E-state index contributed by atoms with van der Waals surface area (Å²) in [5, 5.41) is 0. The summed E-state index contributed by atoms with van der Waals surface area (Å²) >= 11 is 3.08. The van der Waals surface area contributed by atoms with E-state index in [2.05, 4.69) is 20.9 Å². The lowest BCUT2D eigenvalue weighted by Crippen LogP contribution is -1.96. The summed E-state index contributed by atoms with van der Waals surface area (Å²) in [5.74, 6) is 0.0589. The third-order valence-electron chi connectivity index (χ3n) is 1.59. The van der Waals surface area contributed by atoms with E-state index in [1.54, 1.807) is 6.07 Å². The number of halogens is 2. The van der Waals surface area contributed by atoms with Gasteiger partial charge >= 0.3 is 0 Å². The Kier molecular flexibility index (Phi) is 1.54. The van der Waals surface area contributed by atoms with Crippen LogP contribution >= 0.6 is 15.9 Å². The number of pyridine rings is 1. The smallest absolute Gasteiger partial charge is 0.154 e. The van der Waals surface area contributed by atoms with Crippen LogP contribution in [0.3, 0.4) is 0 Å². The second kappa shape index (κ2) is 2.45.